The van der Waals surface area contributed by atoms with Gasteiger partial charge in [-0.2, -0.15) is 0 Å². The quantitative estimate of drug-likeness (QED) is 0.731. The molecule has 0 bridgehead atoms. The van der Waals surface area contributed by atoms with Gasteiger partial charge in [-0.3, -0.25) is 4.79 Å². The Hall–Kier alpha value is -1.71. The van der Waals surface area contributed by atoms with Crippen LogP contribution in [0.15, 0.2) is 18.2 Å². The van der Waals surface area contributed by atoms with Crippen molar-refractivity contribution in [2.24, 2.45) is 0 Å². The molecule has 0 aromatic heterocycles. The molecule has 0 spiro atoms. The summed E-state index contributed by atoms with van der Waals surface area (Å²) in [6, 6.07) is 5.45. The molecule has 1 unspecified atom stereocenters. The summed E-state index contributed by atoms with van der Waals surface area (Å²) in [4.78, 5) is 11.7. The lowest BCUT2D eigenvalue weighted by Crippen LogP contribution is -2.17. The number of carbonyl (C=O) groups is 1. The average molecular weight is 222 g/mol. The second-order valence-electron chi connectivity index (χ2n) is 3.52. The van der Waals surface area contributed by atoms with Crippen LogP contribution in [0.4, 0.5) is 0 Å². The fourth-order valence-corrected chi connectivity index (χ4v) is 1.76. The number of fused-ring (bicyclic) bond motifs is 1. The predicted octanol–water partition coefficient (Wildman–Crippen LogP) is 1.73. The Kier molecular flexibility index (Phi) is 2.99. The normalized spacial score (nSPS) is 17.5. The van der Waals surface area contributed by atoms with E-state index in [2.05, 4.69) is 0 Å². The molecule has 0 fully saturated rings. The molecule has 0 amide bonds. The zero-order valence-electron chi connectivity index (χ0n) is 9.36. The molecule has 0 aliphatic carbocycles. The molecule has 1 heterocycles. The van der Waals surface area contributed by atoms with Gasteiger partial charge in [0.05, 0.1) is 13.7 Å². The lowest BCUT2D eigenvalue weighted by molar-refractivity contribution is -0.145. The Morgan fingerprint density at radius 1 is 1.56 bits per heavy atom. The maximum absolute atomic E-state index is 11.7. The topological polar surface area (TPSA) is 44.8 Å². The van der Waals surface area contributed by atoms with Gasteiger partial charge in [-0.1, -0.05) is 0 Å². The highest BCUT2D eigenvalue weighted by molar-refractivity contribution is 5.80. The van der Waals surface area contributed by atoms with E-state index in [9.17, 15) is 4.79 Å². The monoisotopic (exact) mass is 222 g/mol. The van der Waals surface area contributed by atoms with E-state index in [0.29, 0.717) is 13.2 Å². The lowest BCUT2D eigenvalue weighted by atomic mass is 10.0. The van der Waals surface area contributed by atoms with Crippen LogP contribution in [0.2, 0.25) is 0 Å². The molecule has 86 valence electrons. The number of carbonyl (C=O) groups excluding carboxylic acids is 1. The molecular formula is C12H14O4. The van der Waals surface area contributed by atoms with E-state index in [1.807, 2.05) is 18.2 Å². The molecule has 1 aliphatic heterocycles. The van der Waals surface area contributed by atoms with Gasteiger partial charge in [-0.05, 0) is 25.1 Å². The van der Waals surface area contributed by atoms with Crippen LogP contribution in [0.25, 0.3) is 0 Å². The Morgan fingerprint density at radius 3 is 3.06 bits per heavy atom. The van der Waals surface area contributed by atoms with Crippen LogP contribution in [0.3, 0.4) is 0 Å². The van der Waals surface area contributed by atoms with Gasteiger partial charge in [0.15, 0.2) is 0 Å². The van der Waals surface area contributed by atoms with Gasteiger partial charge in [-0.25, -0.2) is 0 Å². The lowest BCUT2D eigenvalue weighted by Gasteiger charge is -2.08. The van der Waals surface area contributed by atoms with Crippen molar-refractivity contribution in [3.63, 3.8) is 0 Å². The molecule has 2 rings (SSSR count). The minimum absolute atomic E-state index is 0.241. The van der Waals surface area contributed by atoms with Crippen LogP contribution in [0, 0.1) is 0 Å². The maximum Gasteiger partial charge on any atom is 0.317 e. The first kappa shape index (κ1) is 10.8. The first-order valence-corrected chi connectivity index (χ1v) is 5.23. The molecule has 1 aliphatic rings. The van der Waals surface area contributed by atoms with Crippen molar-refractivity contribution in [3.8, 4) is 11.5 Å². The molecule has 4 nitrogen and oxygen atoms in total. The summed E-state index contributed by atoms with van der Waals surface area (Å²) < 4.78 is 15.5. The Bertz CT molecular complexity index is 400. The van der Waals surface area contributed by atoms with Crippen LogP contribution in [0.1, 0.15) is 18.4 Å². The van der Waals surface area contributed by atoms with Gasteiger partial charge >= 0.3 is 5.97 Å². The molecule has 0 N–H and O–H groups in total. The molecule has 0 saturated carbocycles. The third kappa shape index (κ3) is 1.83. The zero-order chi connectivity index (χ0) is 11.5. The summed E-state index contributed by atoms with van der Waals surface area (Å²) in [6.45, 7) is 2.52. The third-order valence-corrected chi connectivity index (χ3v) is 2.57. The molecule has 0 radical (unpaired) electrons. The van der Waals surface area contributed by atoms with E-state index >= 15 is 0 Å². The summed E-state index contributed by atoms with van der Waals surface area (Å²) in [6.07, 6.45) is 0. The summed E-state index contributed by atoms with van der Waals surface area (Å²) in [5, 5.41) is 0. The molecular weight excluding hydrogens is 208 g/mol. The van der Waals surface area contributed by atoms with Gasteiger partial charge in [0, 0.05) is 5.56 Å². The van der Waals surface area contributed by atoms with Crippen molar-refractivity contribution in [1.29, 1.82) is 0 Å². The number of hydrogen-bond acceptors (Lipinski definition) is 4. The van der Waals surface area contributed by atoms with E-state index in [1.54, 1.807) is 14.0 Å². The molecule has 4 heteroatoms. The van der Waals surface area contributed by atoms with Gasteiger partial charge in [-0.15, -0.1) is 0 Å². The SMILES string of the molecule is CCOC(=O)C1COc2ccc(OC)cc21. The molecule has 0 saturated heterocycles. The molecule has 1 aromatic rings. The predicted molar refractivity (Wildman–Crippen MR) is 57.9 cm³/mol. The van der Waals surface area contributed by atoms with Gasteiger partial charge < -0.3 is 14.2 Å². The van der Waals surface area contributed by atoms with Crippen LogP contribution in [0.5, 0.6) is 11.5 Å². The fraction of sp³-hybridized carbons (Fsp3) is 0.417. The first-order valence-electron chi connectivity index (χ1n) is 5.23. The highest BCUT2D eigenvalue weighted by Gasteiger charge is 2.31. The Labute approximate surface area is 94.1 Å². The van der Waals surface area contributed by atoms with Crippen molar-refractivity contribution < 1.29 is 19.0 Å². The van der Waals surface area contributed by atoms with E-state index in [1.165, 1.54) is 0 Å². The van der Waals surface area contributed by atoms with Gasteiger partial charge in [0.25, 0.3) is 0 Å². The summed E-state index contributed by atoms with van der Waals surface area (Å²) >= 11 is 0. The largest absolute Gasteiger partial charge is 0.497 e. The average Bonchev–Trinajstić information content (AvgIpc) is 2.71. The second-order valence-corrected chi connectivity index (χ2v) is 3.52. The van der Waals surface area contributed by atoms with Crippen molar-refractivity contribution in [2.75, 3.05) is 20.3 Å². The van der Waals surface area contributed by atoms with Crippen LogP contribution < -0.4 is 9.47 Å². The number of esters is 1. The van der Waals surface area contributed by atoms with E-state index < -0.39 is 0 Å². The van der Waals surface area contributed by atoms with Crippen molar-refractivity contribution in [2.45, 2.75) is 12.8 Å². The fourth-order valence-electron chi connectivity index (χ4n) is 1.76. The Morgan fingerprint density at radius 2 is 2.38 bits per heavy atom. The van der Waals surface area contributed by atoms with Crippen LogP contribution in [-0.4, -0.2) is 26.3 Å². The molecule has 16 heavy (non-hydrogen) atoms. The second kappa shape index (κ2) is 4.43. The van der Waals surface area contributed by atoms with E-state index in [-0.39, 0.29) is 11.9 Å². The number of ether oxygens (including phenoxy) is 3. The van der Waals surface area contributed by atoms with Crippen molar-refractivity contribution in [3.05, 3.63) is 23.8 Å². The number of methoxy groups -OCH3 is 1. The van der Waals surface area contributed by atoms with Crippen molar-refractivity contribution in [1.82, 2.24) is 0 Å². The van der Waals surface area contributed by atoms with Crippen molar-refractivity contribution >= 4 is 5.97 Å². The van der Waals surface area contributed by atoms with Gasteiger partial charge in [0.1, 0.15) is 24.0 Å². The van der Waals surface area contributed by atoms with Gasteiger partial charge in [0.2, 0.25) is 0 Å². The number of benzene rings is 1. The minimum Gasteiger partial charge on any atom is -0.497 e. The van der Waals surface area contributed by atoms with E-state index in [4.69, 9.17) is 14.2 Å². The summed E-state index contributed by atoms with van der Waals surface area (Å²) in [7, 11) is 1.59. The Balaban J connectivity index is 2.27. The zero-order valence-corrected chi connectivity index (χ0v) is 9.36. The van der Waals surface area contributed by atoms with E-state index in [0.717, 1.165) is 17.1 Å². The van der Waals surface area contributed by atoms with Crippen LogP contribution in [-0.2, 0) is 9.53 Å². The summed E-state index contributed by atoms with van der Waals surface area (Å²) in [5.41, 5.74) is 0.845. The highest BCUT2D eigenvalue weighted by Crippen LogP contribution is 2.36. The summed E-state index contributed by atoms with van der Waals surface area (Å²) in [5.74, 6) is 0.886. The van der Waals surface area contributed by atoms with Crippen LogP contribution >= 0.6 is 0 Å². The number of rotatable bonds is 3. The molecule has 1 aromatic carbocycles. The number of hydrogen-bond donors (Lipinski definition) is 0. The minimum atomic E-state index is -0.329. The third-order valence-electron chi connectivity index (χ3n) is 2.57. The molecule has 1 atom stereocenters. The maximum atomic E-state index is 11.7. The standard InChI is InChI=1S/C12H14O4/c1-3-15-12(13)10-7-16-11-5-4-8(14-2)6-9(10)11/h4-6,10H,3,7H2,1-2H3. The smallest absolute Gasteiger partial charge is 0.317 e. The highest BCUT2D eigenvalue weighted by atomic mass is 16.5. The first-order chi connectivity index (χ1) is 7.76.